The number of carbonyl (C=O) groups excluding carboxylic acids is 2. The molecule has 2 amide bonds. The molecule has 34 heavy (non-hydrogen) atoms. The van der Waals surface area contributed by atoms with Crippen LogP contribution in [0.3, 0.4) is 0 Å². The Hall–Kier alpha value is -3.99. The number of aromatic nitrogens is 1. The number of fused-ring (bicyclic) bond motifs is 1. The number of pyridine rings is 1. The van der Waals surface area contributed by atoms with E-state index in [4.69, 9.17) is 4.42 Å². The van der Waals surface area contributed by atoms with Crippen molar-refractivity contribution in [2.24, 2.45) is 5.10 Å². The highest BCUT2D eigenvalue weighted by Gasteiger charge is 2.28. The van der Waals surface area contributed by atoms with Crippen LogP contribution in [-0.2, 0) is 16.4 Å². The van der Waals surface area contributed by atoms with Gasteiger partial charge in [0.1, 0.15) is 5.76 Å². The van der Waals surface area contributed by atoms with E-state index in [2.05, 4.69) is 25.8 Å². The highest BCUT2D eigenvalue weighted by atomic mass is 32.2. The Labute approximate surface area is 196 Å². The molecule has 1 aliphatic carbocycles. The monoisotopic (exact) mass is 481 g/mol. The van der Waals surface area contributed by atoms with Crippen molar-refractivity contribution in [1.29, 1.82) is 0 Å². The van der Waals surface area contributed by atoms with Crippen LogP contribution in [0, 0.1) is 13.8 Å². The second-order valence-electron chi connectivity index (χ2n) is 7.82. The number of carbonyl (C=O) groups is 2. The number of nitrogens with zero attached hydrogens (tertiary/aromatic N) is 2. The van der Waals surface area contributed by atoms with Crippen molar-refractivity contribution in [3.63, 3.8) is 0 Å². The number of hydrazine groups is 1. The quantitative estimate of drug-likeness (QED) is 0.478. The van der Waals surface area contributed by atoms with Gasteiger partial charge in [-0.3, -0.25) is 25.4 Å². The van der Waals surface area contributed by atoms with E-state index in [0.29, 0.717) is 47.4 Å². The number of benzene rings is 1. The third-order valence-electron chi connectivity index (χ3n) is 5.40. The number of aryl methyl sites for hydroxylation is 2. The maximum atomic E-state index is 12.7. The fraction of sp³-hybridized carbons (Fsp3) is 0.217. The number of hydrazone groups is 1. The highest BCUT2D eigenvalue weighted by Crippen LogP contribution is 2.30. The van der Waals surface area contributed by atoms with Gasteiger partial charge >= 0.3 is 5.91 Å². The summed E-state index contributed by atoms with van der Waals surface area (Å²) in [6, 6.07) is 9.46. The van der Waals surface area contributed by atoms with Gasteiger partial charge in [0.15, 0.2) is 5.76 Å². The zero-order chi connectivity index (χ0) is 24.3. The van der Waals surface area contributed by atoms with Crippen LogP contribution in [0.25, 0.3) is 0 Å². The van der Waals surface area contributed by atoms with Gasteiger partial charge in [0.2, 0.25) is 0 Å². The van der Waals surface area contributed by atoms with Crippen LogP contribution >= 0.6 is 0 Å². The van der Waals surface area contributed by atoms with E-state index in [0.717, 1.165) is 5.56 Å². The van der Waals surface area contributed by atoms with Crippen LogP contribution in [0.1, 0.15) is 56.2 Å². The van der Waals surface area contributed by atoms with Crippen LogP contribution in [-0.4, -0.2) is 30.9 Å². The Kier molecular flexibility index (Phi) is 6.46. The second kappa shape index (κ2) is 9.48. The van der Waals surface area contributed by atoms with Gasteiger partial charge in [-0.2, -0.15) is 18.4 Å². The lowest BCUT2D eigenvalue weighted by Crippen LogP contribution is -2.41. The molecule has 0 spiro atoms. The first-order valence-corrected chi connectivity index (χ1v) is 12.0. The summed E-state index contributed by atoms with van der Waals surface area (Å²) in [5, 5.41) is 4.15. The second-order valence-corrected chi connectivity index (χ2v) is 9.48. The molecule has 176 valence electrons. The van der Waals surface area contributed by atoms with E-state index in [-0.39, 0.29) is 10.7 Å². The Bertz CT molecular complexity index is 1360. The van der Waals surface area contributed by atoms with Crippen LogP contribution < -0.4 is 15.7 Å². The van der Waals surface area contributed by atoms with Crippen molar-refractivity contribution in [3.8, 4) is 0 Å². The van der Waals surface area contributed by atoms with E-state index >= 15 is 0 Å². The molecule has 0 saturated heterocycles. The smallest absolute Gasteiger partial charge is 0.305 e. The number of hydrogen-bond acceptors (Lipinski definition) is 7. The molecule has 3 aromatic rings. The van der Waals surface area contributed by atoms with Gasteiger partial charge in [0.25, 0.3) is 15.9 Å². The van der Waals surface area contributed by atoms with E-state index in [9.17, 15) is 18.0 Å². The molecule has 11 heteroatoms. The predicted octanol–water partition coefficient (Wildman–Crippen LogP) is 2.39. The first kappa shape index (κ1) is 23.2. The van der Waals surface area contributed by atoms with Crippen molar-refractivity contribution in [2.75, 3.05) is 0 Å². The molecule has 0 unspecified atom stereocenters. The lowest BCUT2D eigenvalue weighted by atomic mass is 9.93. The van der Waals surface area contributed by atoms with Crippen molar-refractivity contribution in [3.05, 3.63) is 82.6 Å². The van der Waals surface area contributed by atoms with Crippen LogP contribution in [0.2, 0.25) is 0 Å². The molecule has 3 N–H and O–H groups in total. The summed E-state index contributed by atoms with van der Waals surface area (Å²) < 4.78 is 31.0. The van der Waals surface area contributed by atoms with E-state index in [1.807, 2.05) is 6.92 Å². The average Bonchev–Trinajstić information content (AvgIpc) is 3.19. The fourth-order valence-corrected chi connectivity index (χ4v) is 4.46. The molecular weight excluding hydrogens is 458 g/mol. The third-order valence-corrected chi connectivity index (χ3v) is 6.62. The maximum absolute atomic E-state index is 12.7. The summed E-state index contributed by atoms with van der Waals surface area (Å²) in [7, 11) is -3.85. The van der Waals surface area contributed by atoms with Gasteiger partial charge in [-0.15, -0.1) is 0 Å². The summed E-state index contributed by atoms with van der Waals surface area (Å²) in [4.78, 5) is 31.1. The van der Waals surface area contributed by atoms with Crippen LogP contribution in [0.15, 0.2) is 63.2 Å². The number of nitrogens with one attached hydrogen (secondary N) is 3. The van der Waals surface area contributed by atoms with Gasteiger partial charge in [-0.1, -0.05) is 17.7 Å². The summed E-state index contributed by atoms with van der Waals surface area (Å²) in [6.45, 7) is 3.56. The molecular formula is C23H23N5O5S. The van der Waals surface area contributed by atoms with Crippen molar-refractivity contribution < 1.29 is 22.4 Å². The molecule has 0 saturated carbocycles. The number of sulfonamides is 1. The van der Waals surface area contributed by atoms with E-state index in [1.54, 1.807) is 19.1 Å². The van der Waals surface area contributed by atoms with Crippen LogP contribution in [0.4, 0.5) is 0 Å². The summed E-state index contributed by atoms with van der Waals surface area (Å²) in [6.07, 6.45) is 4.72. The molecule has 1 aromatic carbocycles. The minimum Gasteiger partial charge on any atom is -0.455 e. The van der Waals surface area contributed by atoms with Gasteiger partial charge in [-0.05, 0) is 51.0 Å². The third kappa shape index (κ3) is 4.84. The summed E-state index contributed by atoms with van der Waals surface area (Å²) >= 11 is 0. The number of furan rings is 1. The SMILES string of the molecule is Cc1ccc(S(=O)(=O)N/N=C2\CCCc3oc(C(=O)NNC(=O)c4ccncc4)c(C)c32)cc1. The predicted molar refractivity (Wildman–Crippen MR) is 124 cm³/mol. The van der Waals surface area contributed by atoms with E-state index in [1.165, 1.54) is 36.7 Å². The Morgan fingerprint density at radius 3 is 2.35 bits per heavy atom. The van der Waals surface area contributed by atoms with Crippen LogP contribution in [0.5, 0.6) is 0 Å². The van der Waals surface area contributed by atoms with E-state index < -0.39 is 21.8 Å². The largest absolute Gasteiger partial charge is 0.455 e. The topological polar surface area (TPSA) is 143 Å². The minimum atomic E-state index is -3.85. The lowest BCUT2D eigenvalue weighted by molar-refractivity contribution is 0.0829. The van der Waals surface area contributed by atoms with Crippen molar-refractivity contribution in [1.82, 2.24) is 20.7 Å². The fourth-order valence-electron chi connectivity index (χ4n) is 3.63. The van der Waals surface area contributed by atoms with Gasteiger partial charge in [0, 0.05) is 35.5 Å². The molecule has 0 atom stereocenters. The number of rotatable bonds is 5. The molecule has 10 nitrogen and oxygen atoms in total. The average molecular weight is 482 g/mol. The Balaban J connectivity index is 1.52. The molecule has 2 heterocycles. The highest BCUT2D eigenvalue weighted by molar-refractivity contribution is 7.89. The first-order chi connectivity index (χ1) is 16.3. The Morgan fingerprint density at radius 1 is 0.971 bits per heavy atom. The first-order valence-electron chi connectivity index (χ1n) is 10.5. The summed E-state index contributed by atoms with van der Waals surface area (Å²) in [5.41, 5.74) is 7.55. The molecule has 0 aliphatic heterocycles. The van der Waals surface area contributed by atoms with Gasteiger partial charge in [0.05, 0.1) is 10.6 Å². The zero-order valence-electron chi connectivity index (χ0n) is 18.6. The van der Waals surface area contributed by atoms with Crippen molar-refractivity contribution >= 4 is 27.5 Å². The molecule has 0 bridgehead atoms. The molecule has 0 fully saturated rings. The minimum absolute atomic E-state index is 0.0241. The number of hydrogen-bond donors (Lipinski definition) is 3. The number of amides is 2. The molecule has 0 radical (unpaired) electrons. The lowest BCUT2D eigenvalue weighted by Gasteiger charge is -2.14. The maximum Gasteiger partial charge on any atom is 0.305 e. The van der Waals surface area contributed by atoms with Crippen molar-refractivity contribution in [2.45, 2.75) is 38.0 Å². The molecule has 1 aliphatic rings. The molecule has 2 aromatic heterocycles. The Morgan fingerprint density at radius 2 is 1.65 bits per heavy atom. The van der Waals surface area contributed by atoms with Gasteiger partial charge in [-0.25, -0.2) is 0 Å². The standard InChI is InChI=1S/C23H23N5O5S/c1-14-6-8-17(9-7-14)34(31,32)28-25-18-4-3-5-19-20(18)15(2)21(33-19)23(30)27-26-22(29)16-10-12-24-13-11-16/h6-13,28H,3-5H2,1-2H3,(H,26,29)(H,27,30)/b25-18+. The molecule has 4 rings (SSSR count). The zero-order valence-corrected chi connectivity index (χ0v) is 19.4. The summed E-state index contributed by atoms with van der Waals surface area (Å²) in [5.74, 6) is -0.565. The van der Waals surface area contributed by atoms with Gasteiger partial charge < -0.3 is 4.42 Å². The normalized spacial score (nSPS) is 14.4.